The van der Waals surface area contributed by atoms with E-state index in [1.807, 2.05) is 6.92 Å². The lowest BCUT2D eigenvalue weighted by Crippen LogP contribution is -2.43. The Balaban J connectivity index is 1.50. The summed E-state index contributed by atoms with van der Waals surface area (Å²) in [6.45, 7) is 1.60. The van der Waals surface area contributed by atoms with Crippen molar-refractivity contribution in [2.45, 2.75) is 19.0 Å². The highest BCUT2D eigenvalue weighted by Gasteiger charge is 2.55. The summed E-state index contributed by atoms with van der Waals surface area (Å²) in [4.78, 5) is 39.1. The molecule has 0 aromatic heterocycles. The van der Waals surface area contributed by atoms with E-state index in [1.165, 1.54) is 11.1 Å². The normalized spacial score (nSPS) is 20.4. The molecule has 2 aliphatic heterocycles. The second kappa shape index (κ2) is 7.46. The zero-order valence-corrected chi connectivity index (χ0v) is 16.7. The number of anilines is 2. The minimum absolute atomic E-state index is 0.237. The van der Waals surface area contributed by atoms with Crippen molar-refractivity contribution in [3.05, 3.63) is 58.1 Å². The van der Waals surface area contributed by atoms with Gasteiger partial charge >= 0.3 is 0 Å². The van der Waals surface area contributed by atoms with Gasteiger partial charge in [-0.3, -0.25) is 19.4 Å². The van der Waals surface area contributed by atoms with Crippen LogP contribution < -0.4 is 10.2 Å². The molecule has 0 unspecified atom stereocenters. The van der Waals surface area contributed by atoms with E-state index in [2.05, 4.69) is 15.7 Å². The number of hydrogen-bond donors (Lipinski definition) is 1. The molecule has 0 bridgehead atoms. The Morgan fingerprint density at radius 3 is 2.62 bits per heavy atom. The average molecular weight is 432 g/mol. The SMILES string of the molecule is Cc1ccc(Cl)cc1NC(=O)CN1N=N[C@@H]2C(=O)N(c3cccc(Cl)c3)C(=O)[C@H]21. The number of benzene rings is 2. The molecule has 4 rings (SSSR count). The molecule has 148 valence electrons. The minimum atomic E-state index is -0.984. The smallest absolute Gasteiger partial charge is 0.263 e. The number of amides is 3. The molecule has 2 aromatic rings. The van der Waals surface area contributed by atoms with Gasteiger partial charge in [0.05, 0.1) is 5.69 Å². The first kappa shape index (κ1) is 19.4. The summed E-state index contributed by atoms with van der Waals surface area (Å²) in [7, 11) is 0. The maximum absolute atomic E-state index is 12.9. The van der Waals surface area contributed by atoms with Crippen LogP contribution in [0.4, 0.5) is 11.4 Å². The molecule has 2 heterocycles. The van der Waals surface area contributed by atoms with Gasteiger partial charge in [-0.15, -0.1) is 0 Å². The molecule has 1 N–H and O–H groups in total. The van der Waals surface area contributed by atoms with Gasteiger partial charge in [0.15, 0.2) is 12.1 Å². The number of carbonyl (C=O) groups is 3. The van der Waals surface area contributed by atoms with E-state index in [4.69, 9.17) is 23.2 Å². The van der Waals surface area contributed by atoms with Crippen molar-refractivity contribution in [3.63, 3.8) is 0 Å². The number of rotatable bonds is 4. The van der Waals surface area contributed by atoms with Crippen molar-refractivity contribution in [1.29, 1.82) is 0 Å². The van der Waals surface area contributed by atoms with E-state index in [9.17, 15) is 14.4 Å². The van der Waals surface area contributed by atoms with Gasteiger partial charge in [0.1, 0.15) is 6.54 Å². The van der Waals surface area contributed by atoms with Crippen molar-refractivity contribution in [2.24, 2.45) is 10.3 Å². The molecule has 29 heavy (non-hydrogen) atoms. The molecule has 2 atom stereocenters. The topological polar surface area (TPSA) is 94.4 Å². The van der Waals surface area contributed by atoms with Crippen LogP contribution in [0.1, 0.15) is 5.56 Å². The largest absolute Gasteiger partial charge is 0.324 e. The third-order valence-corrected chi connectivity index (χ3v) is 5.17. The molecular weight excluding hydrogens is 417 g/mol. The Bertz CT molecular complexity index is 1060. The summed E-state index contributed by atoms with van der Waals surface area (Å²) in [5.74, 6) is -1.41. The van der Waals surface area contributed by atoms with Crippen molar-refractivity contribution in [1.82, 2.24) is 5.01 Å². The fourth-order valence-corrected chi connectivity index (χ4v) is 3.65. The van der Waals surface area contributed by atoms with Crippen LogP contribution in [0.3, 0.4) is 0 Å². The van der Waals surface area contributed by atoms with Crippen molar-refractivity contribution in [2.75, 3.05) is 16.8 Å². The molecule has 2 aliphatic rings. The molecule has 8 nitrogen and oxygen atoms in total. The highest BCUT2D eigenvalue weighted by Crippen LogP contribution is 2.32. The Morgan fingerprint density at radius 1 is 1.10 bits per heavy atom. The average Bonchev–Trinajstić information content (AvgIpc) is 3.18. The third kappa shape index (κ3) is 3.56. The van der Waals surface area contributed by atoms with Crippen LogP contribution in [0.2, 0.25) is 10.0 Å². The Labute approximate surface area is 176 Å². The maximum Gasteiger partial charge on any atom is 0.263 e. The molecular formula is C19H15Cl2N5O3. The molecule has 0 saturated carbocycles. The minimum Gasteiger partial charge on any atom is -0.324 e. The van der Waals surface area contributed by atoms with Crippen LogP contribution in [0, 0.1) is 6.92 Å². The fraction of sp³-hybridized carbons (Fsp3) is 0.211. The zero-order chi connectivity index (χ0) is 20.7. The van der Waals surface area contributed by atoms with Crippen molar-refractivity contribution >= 4 is 52.3 Å². The van der Waals surface area contributed by atoms with E-state index in [0.717, 1.165) is 10.5 Å². The summed E-state index contributed by atoms with van der Waals surface area (Å²) in [6.07, 6.45) is 0. The zero-order valence-electron chi connectivity index (χ0n) is 15.2. The number of nitrogens with zero attached hydrogens (tertiary/aromatic N) is 4. The van der Waals surface area contributed by atoms with Gasteiger partial charge in [0, 0.05) is 15.7 Å². The first-order valence-electron chi connectivity index (χ1n) is 8.72. The lowest BCUT2D eigenvalue weighted by Gasteiger charge is -2.20. The van der Waals surface area contributed by atoms with Crippen LogP contribution in [0.15, 0.2) is 52.8 Å². The lowest BCUT2D eigenvalue weighted by molar-refractivity contribution is -0.123. The molecule has 1 fully saturated rings. The van der Waals surface area contributed by atoms with Crippen LogP contribution in [-0.4, -0.2) is 41.4 Å². The van der Waals surface area contributed by atoms with E-state index >= 15 is 0 Å². The number of imide groups is 1. The number of carbonyl (C=O) groups excluding carboxylic acids is 3. The molecule has 0 aliphatic carbocycles. The van der Waals surface area contributed by atoms with Crippen LogP contribution in [0.25, 0.3) is 0 Å². The monoisotopic (exact) mass is 431 g/mol. The van der Waals surface area contributed by atoms with Gasteiger partial charge in [0.2, 0.25) is 5.91 Å². The molecule has 10 heteroatoms. The predicted molar refractivity (Wildman–Crippen MR) is 108 cm³/mol. The van der Waals surface area contributed by atoms with Gasteiger partial charge in [-0.05, 0) is 42.8 Å². The number of nitrogens with one attached hydrogen (secondary N) is 1. The number of hydrogen-bond acceptors (Lipinski definition) is 6. The highest BCUT2D eigenvalue weighted by atomic mass is 35.5. The van der Waals surface area contributed by atoms with Crippen LogP contribution >= 0.6 is 23.2 Å². The standard InChI is InChI=1S/C19H15Cl2N5O3/c1-10-5-6-12(21)8-14(10)22-15(27)9-25-17-16(23-24-25)18(28)26(19(17)29)13-4-2-3-11(20)7-13/h2-8,16-17H,9H2,1H3,(H,22,27)/t16-,17-/m0/s1. The van der Waals surface area contributed by atoms with Crippen molar-refractivity contribution < 1.29 is 14.4 Å². The first-order valence-corrected chi connectivity index (χ1v) is 9.47. The quantitative estimate of drug-likeness (QED) is 0.751. The molecule has 0 spiro atoms. The summed E-state index contributed by atoms with van der Waals surface area (Å²) in [5.41, 5.74) is 1.75. The van der Waals surface area contributed by atoms with Gasteiger partial charge in [0.25, 0.3) is 11.8 Å². The van der Waals surface area contributed by atoms with Crippen molar-refractivity contribution in [3.8, 4) is 0 Å². The molecule has 2 aromatic carbocycles. The molecule has 0 radical (unpaired) electrons. The number of fused-ring (bicyclic) bond motifs is 1. The Morgan fingerprint density at radius 2 is 1.86 bits per heavy atom. The number of halogens is 2. The summed E-state index contributed by atoms with van der Waals surface area (Å²) < 4.78 is 0. The third-order valence-electron chi connectivity index (χ3n) is 4.70. The number of aryl methyl sites for hydroxylation is 1. The molecule has 1 saturated heterocycles. The maximum atomic E-state index is 12.9. The first-order chi connectivity index (χ1) is 13.8. The van der Waals surface area contributed by atoms with E-state index in [0.29, 0.717) is 21.4 Å². The fourth-order valence-electron chi connectivity index (χ4n) is 3.29. The lowest BCUT2D eigenvalue weighted by atomic mass is 10.1. The van der Waals surface area contributed by atoms with Crippen LogP contribution in [-0.2, 0) is 14.4 Å². The van der Waals surface area contributed by atoms with Gasteiger partial charge < -0.3 is 5.32 Å². The van der Waals surface area contributed by atoms with Gasteiger partial charge in [-0.2, -0.15) is 5.11 Å². The second-order valence-electron chi connectivity index (χ2n) is 6.69. The van der Waals surface area contributed by atoms with E-state index in [1.54, 1.807) is 36.4 Å². The summed E-state index contributed by atoms with van der Waals surface area (Å²) in [5, 5.41) is 12.6. The predicted octanol–water partition coefficient (Wildman–Crippen LogP) is 3.23. The Kier molecular flexibility index (Phi) is 4.97. The van der Waals surface area contributed by atoms with Crippen LogP contribution in [0.5, 0.6) is 0 Å². The van der Waals surface area contributed by atoms with E-state index in [-0.39, 0.29) is 6.54 Å². The summed E-state index contributed by atoms with van der Waals surface area (Å²) in [6, 6.07) is 9.61. The highest BCUT2D eigenvalue weighted by molar-refractivity contribution is 6.32. The van der Waals surface area contributed by atoms with E-state index < -0.39 is 29.8 Å². The van der Waals surface area contributed by atoms with Gasteiger partial charge in [-0.1, -0.05) is 40.6 Å². The second-order valence-corrected chi connectivity index (χ2v) is 7.56. The van der Waals surface area contributed by atoms with Gasteiger partial charge in [-0.25, -0.2) is 4.90 Å². The summed E-state index contributed by atoms with van der Waals surface area (Å²) >= 11 is 11.9. The molecule has 3 amide bonds. The Hall–Kier alpha value is -2.97.